The Morgan fingerprint density at radius 3 is 2.69 bits per heavy atom. The molecule has 3 aromatic rings. The van der Waals surface area contributed by atoms with Crippen LogP contribution in [0.3, 0.4) is 0 Å². The van der Waals surface area contributed by atoms with E-state index in [1.54, 1.807) is 0 Å². The van der Waals surface area contributed by atoms with Gasteiger partial charge in [-0.15, -0.1) is 24.0 Å². The Bertz CT molecular complexity index is 960. The van der Waals surface area contributed by atoms with Gasteiger partial charge in [-0.3, -0.25) is 0 Å². The maximum atomic E-state index is 5.44. The van der Waals surface area contributed by atoms with Crippen molar-refractivity contribution in [2.45, 2.75) is 20.0 Å². The van der Waals surface area contributed by atoms with Crippen LogP contribution < -0.4 is 20.1 Å². The highest BCUT2D eigenvalue weighted by molar-refractivity contribution is 14.0. The molecule has 0 unspecified atom stereocenters. The number of guanidine groups is 1. The van der Waals surface area contributed by atoms with Crippen LogP contribution in [0, 0.1) is 0 Å². The van der Waals surface area contributed by atoms with Gasteiger partial charge in [-0.2, -0.15) is 0 Å². The molecule has 0 aliphatic carbocycles. The molecule has 152 valence electrons. The molecule has 0 amide bonds. The first kappa shape index (κ1) is 21.0. The Balaban J connectivity index is 0.00000240. The van der Waals surface area contributed by atoms with Crippen molar-refractivity contribution in [2.24, 2.45) is 4.99 Å². The topological polar surface area (TPSA) is 80.9 Å². The molecule has 0 saturated heterocycles. The fraction of sp³-hybridized carbons (Fsp3) is 0.238. The van der Waals surface area contributed by atoms with E-state index in [1.165, 1.54) is 0 Å². The third-order valence-electron chi connectivity index (χ3n) is 4.26. The number of benzene rings is 2. The minimum absolute atomic E-state index is 0. The second-order valence-electron chi connectivity index (χ2n) is 6.28. The lowest BCUT2D eigenvalue weighted by atomic mass is 10.2. The van der Waals surface area contributed by atoms with Gasteiger partial charge in [0.05, 0.1) is 13.1 Å². The average Bonchev–Trinajstić information content (AvgIpc) is 3.40. The first-order chi connectivity index (χ1) is 13.8. The number of hydrogen-bond donors (Lipinski definition) is 2. The first-order valence-electron chi connectivity index (χ1n) is 9.23. The van der Waals surface area contributed by atoms with Gasteiger partial charge in [0.15, 0.2) is 23.2 Å². The Kier molecular flexibility index (Phi) is 7.34. The van der Waals surface area contributed by atoms with Gasteiger partial charge in [-0.05, 0) is 24.6 Å². The van der Waals surface area contributed by atoms with Crippen molar-refractivity contribution in [2.75, 3.05) is 13.3 Å². The monoisotopic (exact) mass is 506 g/mol. The van der Waals surface area contributed by atoms with Crippen molar-refractivity contribution in [3.05, 3.63) is 65.9 Å². The van der Waals surface area contributed by atoms with Crippen LogP contribution in [0.5, 0.6) is 11.5 Å². The van der Waals surface area contributed by atoms with Crippen LogP contribution in [0.1, 0.15) is 18.2 Å². The summed E-state index contributed by atoms with van der Waals surface area (Å²) in [5.41, 5.74) is 2.87. The molecule has 1 aliphatic heterocycles. The summed E-state index contributed by atoms with van der Waals surface area (Å²) in [4.78, 5) is 4.63. The lowest BCUT2D eigenvalue weighted by Crippen LogP contribution is -2.36. The van der Waals surface area contributed by atoms with E-state index in [-0.39, 0.29) is 30.8 Å². The van der Waals surface area contributed by atoms with Gasteiger partial charge in [-0.25, -0.2) is 4.99 Å². The highest BCUT2D eigenvalue weighted by atomic mass is 127. The normalized spacial score (nSPS) is 12.4. The van der Waals surface area contributed by atoms with Crippen molar-refractivity contribution in [3.63, 3.8) is 0 Å². The predicted molar refractivity (Wildman–Crippen MR) is 122 cm³/mol. The Morgan fingerprint density at radius 2 is 1.86 bits per heavy atom. The first-order valence-corrected chi connectivity index (χ1v) is 9.23. The number of halogens is 1. The second kappa shape index (κ2) is 10.1. The SMILES string of the molecule is CCNC(=NCc1ccc2c(c1)OCO2)NCc1cc(-c2ccccc2)on1.I. The van der Waals surface area contributed by atoms with Crippen LogP contribution in [0.25, 0.3) is 11.3 Å². The molecular formula is C21H23IN4O3. The number of nitrogens with one attached hydrogen (secondary N) is 2. The van der Waals surface area contributed by atoms with Crippen molar-refractivity contribution in [3.8, 4) is 22.8 Å². The molecule has 0 fully saturated rings. The molecule has 1 aromatic heterocycles. The number of rotatable bonds is 6. The van der Waals surface area contributed by atoms with E-state index in [2.05, 4.69) is 20.8 Å². The van der Waals surface area contributed by atoms with Crippen molar-refractivity contribution < 1.29 is 14.0 Å². The smallest absolute Gasteiger partial charge is 0.231 e. The molecule has 7 nitrogen and oxygen atoms in total. The van der Waals surface area contributed by atoms with Crippen molar-refractivity contribution in [1.29, 1.82) is 0 Å². The minimum atomic E-state index is 0. The largest absolute Gasteiger partial charge is 0.454 e. The van der Waals surface area contributed by atoms with Crippen LogP contribution in [0.4, 0.5) is 0 Å². The number of aliphatic imine (C=N–C) groups is 1. The highest BCUT2D eigenvalue weighted by Crippen LogP contribution is 2.32. The van der Waals surface area contributed by atoms with E-state index in [9.17, 15) is 0 Å². The fourth-order valence-corrected chi connectivity index (χ4v) is 2.86. The van der Waals surface area contributed by atoms with Crippen LogP contribution >= 0.6 is 24.0 Å². The molecule has 1 aliphatic rings. The summed E-state index contributed by atoms with van der Waals surface area (Å²) in [6.45, 7) is 4.11. The minimum Gasteiger partial charge on any atom is -0.454 e. The molecule has 2 N–H and O–H groups in total. The number of fused-ring (bicyclic) bond motifs is 1. The summed E-state index contributed by atoms with van der Waals surface area (Å²) in [6.07, 6.45) is 0. The molecule has 29 heavy (non-hydrogen) atoms. The van der Waals surface area contributed by atoms with E-state index in [0.717, 1.165) is 40.6 Å². The molecule has 4 rings (SSSR count). The molecule has 0 saturated carbocycles. The van der Waals surface area contributed by atoms with Crippen LogP contribution in [-0.4, -0.2) is 24.5 Å². The number of ether oxygens (including phenoxy) is 2. The van der Waals surface area contributed by atoms with E-state index < -0.39 is 0 Å². The van der Waals surface area contributed by atoms with E-state index in [4.69, 9.17) is 14.0 Å². The summed E-state index contributed by atoms with van der Waals surface area (Å²) in [6, 6.07) is 17.7. The Morgan fingerprint density at radius 1 is 1.03 bits per heavy atom. The molecule has 2 heterocycles. The molecule has 0 bridgehead atoms. The van der Waals surface area contributed by atoms with Gasteiger partial charge in [0, 0.05) is 18.2 Å². The van der Waals surface area contributed by atoms with Crippen LogP contribution in [0.2, 0.25) is 0 Å². The van der Waals surface area contributed by atoms with Gasteiger partial charge in [0.1, 0.15) is 5.69 Å². The van der Waals surface area contributed by atoms with Gasteiger partial charge < -0.3 is 24.6 Å². The standard InChI is InChI=1S/C21H22N4O3.HI/c1-2-22-21(23-12-15-8-9-18-20(10-15)27-14-26-18)24-13-17-11-19(28-25-17)16-6-4-3-5-7-16;/h3-11H,2,12-14H2,1H3,(H2,22,23,24);1H. The molecular weight excluding hydrogens is 483 g/mol. The maximum Gasteiger partial charge on any atom is 0.231 e. The van der Waals surface area contributed by atoms with Crippen molar-refractivity contribution >= 4 is 29.9 Å². The van der Waals surface area contributed by atoms with E-state index >= 15 is 0 Å². The molecule has 8 heteroatoms. The lowest BCUT2D eigenvalue weighted by molar-refractivity contribution is 0.174. The van der Waals surface area contributed by atoms with E-state index in [0.29, 0.717) is 19.0 Å². The second-order valence-corrected chi connectivity index (χ2v) is 6.28. The fourth-order valence-electron chi connectivity index (χ4n) is 2.86. The average molecular weight is 506 g/mol. The summed E-state index contributed by atoms with van der Waals surface area (Å²) in [5, 5.41) is 10.7. The van der Waals surface area contributed by atoms with Crippen LogP contribution in [0.15, 0.2) is 64.1 Å². The van der Waals surface area contributed by atoms with E-state index in [1.807, 2.05) is 61.5 Å². The van der Waals surface area contributed by atoms with Crippen LogP contribution in [-0.2, 0) is 13.1 Å². The summed E-state index contributed by atoms with van der Waals surface area (Å²) in [5.74, 6) is 3.00. The van der Waals surface area contributed by atoms with Gasteiger partial charge in [0.2, 0.25) is 6.79 Å². The summed E-state index contributed by atoms with van der Waals surface area (Å²) in [7, 11) is 0. The predicted octanol–water partition coefficient (Wildman–Crippen LogP) is 3.94. The number of aromatic nitrogens is 1. The quantitative estimate of drug-likeness (QED) is 0.300. The van der Waals surface area contributed by atoms with Gasteiger partial charge in [-0.1, -0.05) is 41.6 Å². The molecule has 0 spiro atoms. The number of hydrogen-bond acceptors (Lipinski definition) is 5. The van der Waals surface area contributed by atoms with Gasteiger partial charge >= 0.3 is 0 Å². The molecule has 0 radical (unpaired) electrons. The maximum absolute atomic E-state index is 5.44. The van der Waals surface area contributed by atoms with Gasteiger partial charge in [0.25, 0.3) is 0 Å². The molecule has 0 atom stereocenters. The zero-order chi connectivity index (χ0) is 19.2. The Hall–Kier alpha value is -2.75. The summed E-state index contributed by atoms with van der Waals surface area (Å²) >= 11 is 0. The summed E-state index contributed by atoms with van der Waals surface area (Å²) < 4.78 is 16.2. The highest BCUT2D eigenvalue weighted by Gasteiger charge is 2.13. The number of nitrogens with zero attached hydrogens (tertiary/aromatic N) is 2. The van der Waals surface area contributed by atoms with Crippen molar-refractivity contribution in [1.82, 2.24) is 15.8 Å². The lowest BCUT2D eigenvalue weighted by Gasteiger charge is -2.10. The Labute approximate surface area is 186 Å². The zero-order valence-electron chi connectivity index (χ0n) is 16.1. The third kappa shape index (κ3) is 5.41. The zero-order valence-corrected chi connectivity index (χ0v) is 18.4. The third-order valence-corrected chi connectivity index (χ3v) is 4.26. The molecule has 2 aromatic carbocycles.